The van der Waals surface area contributed by atoms with Gasteiger partial charge in [0, 0.05) is 30.2 Å². The molecule has 0 N–H and O–H groups in total. The van der Waals surface area contributed by atoms with Crippen molar-refractivity contribution in [2.24, 2.45) is 0 Å². The first-order valence-corrected chi connectivity index (χ1v) is 10.8. The van der Waals surface area contributed by atoms with Gasteiger partial charge in [-0.25, -0.2) is 0 Å². The smallest absolute Gasteiger partial charge is 0.263 e. The van der Waals surface area contributed by atoms with Gasteiger partial charge in [-0.1, -0.05) is 18.2 Å². The van der Waals surface area contributed by atoms with Crippen LogP contribution in [0.4, 0.5) is 5.69 Å². The molecular formula is C27H26N2O5. The van der Waals surface area contributed by atoms with E-state index in [4.69, 9.17) is 14.2 Å². The van der Waals surface area contributed by atoms with Crippen LogP contribution in [0.1, 0.15) is 17.3 Å². The van der Waals surface area contributed by atoms with Crippen molar-refractivity contribution < 1.29 is 19.0 Å². The molecular weight excluding hydrogens is 432 g/mol. The minimum absolute atomic E-state index is 0.0567. The fourth-order valence-corrected chi connectivity index (χ4v) is 3.96. The highest BCUT2D eigenvalue weighted by atomic mass is 16.5. The first kappa shape index (κ1) is 22.9. The number of carbonyl (C=O) groups is 1. The molecule has 7 nitrogen and oxygen atoms in total. The Labute approximate surface area is 197 Å². The molecule has 0 spiro atoms. The summed E-state index contributed by atoms with van der Waals surface area (Å²) in [6.45, 7) is 2.29. The number of pyridine rings is 1. The minimum atomic E-state index is -0.377. The number of carbonyl (C=O) groups excluding carboxylic acids is 1. The number of anilines is 1. The Morgan fingerprint density at radius 2 is 1.53 bits per heavy atom. The Balaban J connectivity index is 1.99. The van der Waals surface area contributed by atoms with Gasteiger partial charge in [-0.2, -0.15) is 0 Å². The molecule has 3 aromatic carbocycles. The van der Waals surface area contributed by atoms with Crippen LogP contribution in [0.2, 0.25) is 0 Å². The van der Waals surface area contributed by atoms with E-state index in [-0.39, 0.29) is 16.9 Å². The average Bonchev–Trinajstić information content (AvgIpc) is 2.89. The lowest BCUT2D eigenvalue weighted by molar-refractivity contribution is 0.0987. The average molecular weight is 459 g/mol. The summed E-state index contributed by atoms with van der Waals surface area (Å²) in [6.07, 6.45) is 1.59. The van der Waals surface area contributed by atoms with Crippen molar-refractivity contribution in [1.82, 2.24) is 4.57 Å². The van der Waals surface area contributed by atoms with Gasteiger partial charge >= 0.3 is 0 Å². The number of benzene rings is 3. The Hall–Kier alpha value is -4.26. The molecule has 174 valence electrons. The van der Waals surface area contributed by atoms with Crippen molar-refractivity contribution in [3.05, 3.63) is 88.7 Å². The molecule has 0 unspecified atom stereocenters. The lowest BCUT2D eigenvalue weighted by atomic mass is 10.1. The zero-order valence-electron chi connectivity index (χ0n) is 19.6. The first-order chi connectivity index (χ1) is 16.5. The predicted octanol–water partition coefficient (Wildman–Crippen LogP) is 4.68. The first-order valence-electron chi connectivity index (χ1n) is 10.8. The monoisotopic (exact) mass is 458 g/mol. The number of aromatic nitrogens is 1. The van der Waals surface area contributed by atoms with E-state index in [1.54, 1.807) is 30.3 Å². The predicted molar refractivity (Wildman–Crippen MR) is 133 cm³/mol. The van der Waals surface area contributed by atoms with E-state index in [9.17, 15) is 9.59 Å². The van der Waals surface area contributed by atoms with Crippen LogP contribution in [0, 0.1) is 0 Å². The Bertz CT molecular complexity index is 1380. The van der Waals surface area contributed by atoms with E-state index in [0.717, 1.165) is 11.4 Å². The molecule has 1 aromatic heterocycles. The van der Waals surface area contributed by atoms with E-state index >= 15 is 0 Å². The molecule has 0 atom stereocenters. The number of methoxy groups -OCH3 is 3. The van der Waals surface area contributed by atoms with Crippen LogP contribution >= 0.6 is 0 Å². The molecule has 0 aliphatic heterocycles. The van der Waals surface area contributed by atoms with Crippen LogP contribution in [0.15, 0.2) is 77.7 Å². The standard InChI is InChI=1S/C27H26N2O5/c1-5-28(18-9-7-6-8-10-18)27(31)22-17-29(19-11-13-20(32-2)14-12-19)23-16-25(34-4)24(33-3)15-21(23)26(22)30/h6-17H,5H2,1-4H3. The highest BCUT2D eigenvalue weighted by Gasteiger charge is 2.23. The van der Waals surface area contributed by atoms with Crippen molar-refractivity contribution in [3.63, 3.8) is 0 Å². The quantitative estimate of drug-likeness (QED) is 0.402. The molecule has 0 radical (unpaired) electrons. The molecule has 1 heterocycles. The highest BCUT2D eigenvalue weighted by molar-refractivity contribution is 6.07. The van der Waals surface area contributed by atoms with Gasteiger partial charge < -0.3 is 23.7 Å². The van der Waals surface area contributed by atoms with Crippen molar-refractivity contribution in [2.75, 3.05) is 32.8 Å². The van der Waals surface area contributed by atoms with Crippen molar-refractivity contribution in [3.8, 4) is 22.9 Å². The number of nitrogens with zero attached hydrogens (tertiary/aromatic N) is 2. The number of rotatable bonds is 7. The summed E-state index contributed by atoms with van der Waals surface area (Å²) in [5, 5.41) is 0.350. The van der Waals surface area contributed by atoms with Gasteiger partial charge in [-0.15, -0.1) is 0 Å². The maximum absolute atomic E-state index is 13.6. The third kappa shape index (κ3) is 4.08. The van der Waals surface area contributed by atoms with Gasteiger partial charge in [-0.3, -0.25) is 9.59 Å². The van der Waals surface area contributed by atoms with Crippen molar-refractivity contribution in [1.29, 1.82) is 0 Å². The van der Waals surface area contributed by atoms with E-state index < -0.39 is 0 Å². The lowest BCUT2D eigenvalue weighted by Crippen LogP contribution is -2.34. The second-order valence-corrected chi connectivity index (χ2v) is 7.55. The minimum Gasteiger partial charge on any atom is -0.497 e. The molecule has 0 bridgehead atoms. The fraction of sp³-hybridized carbons (Fsp3) is 0.185. The summed E-state index contributed by atoms with van der Waals surface area (Å²) < 4.78 is 18.0. The third-order valence-corrected chi connectivity index (χ3v) is 5.72. The maximum atomic E-state index is 13.6. The maximum Gasteiger partial charge on any atom is 0.263 e. The van der Waals surface area contributed by atoms with Gasteiger partial charge in [0.1, 0.15) is 11.3 Å². The summed E-state index contributed by atoms with van der Waals surface area (Å²) in [5.41, 5.74) is 1.75. The summed E-state index contributed by atoms with van der Waals surface area (Å²) in [6, 6.07) is 20.0. The van der Waals surface area contributed by atoms with Crippen LogP contribution < -0.4 is 24.5 Å². The summed E-state index contributed by atoms with van der Waals surface area (Å²) in [5.74, 6) is 1.21. The molecule has 34 heavy (non-hydrogen) atoms. The molecule has 0 saturated heterocycles. The van der Waals surface area contributed by atoms with Crippen molar-refractivity contribution in [2.45, 2.75) is 6.92 Å². The van der Waals surface area contributed by atoms with Gasteiger partial charge in [0.2, 0.25) is 5.43 Å². The summed E-state index contributed by atoms with van der Waals surface area (Å²) in [4.78, 5) is 28.8. The fourth-order valence-electron chi connectivity index (χ4n) is 3.96. The van der Waals surface area contributed by atoms with Crippen LogP contribution in [0.3, 0.4) is 0 Å². The largest absolute Gasteiger partial charge is 0.497 e. The molecule has 1 amide bonds. The Morgan fingerprint density at radius 1 is 0.882 bits per heavy atom. The Kier molecular flexibility index (Phi) is 6.54. The zero-order chi connectivity index (χ0) is 24.2. The van der Waals surface area contributed by atoms with E-state index in [1.807, 2.05) is 66.1 Å². The molecule has 4 rings (SSSR count). The van der Waals surface area contributed by atoms with Gasteiger partial charge in [-0.05, 0) is 49.4 Å². The third-order valence-electron chi connectivity index (χ3n) is 5.72. The molecule has 7 heteroatoms. The molecule has 0 aliphatic rings. The second-order valence-electron chi connectivity index (χ2n) is 7.55. The Morgan fingerprint density at radius 3 is 2.12 bits per heavy atom. The zero-order valence-corrected chi connectivity index (χ0v) is 19.6. The normalized spacial score (nSPS) is 10.7. The summed E-state index contributed by atoms with van der Waals surface area (Å²) in [7, 11) is 4.64. The number of ether oxygens (including phenoxy) is 3. The van der Waals surface area contributed by atoms with E-state index in [1.165, 1.54) is 14.2 Å². The number of hydrogen-bond donors (Lipinski definition) is 0. The lowest BCUT2D eigenvalue weighted by Gasteiger charge is -2.22. The van der Waals surface area contributed by atoms with E-state index in [2.05, 4.69) is 0 Å². The van der Waals surface area contributed by atoms with E-state index in [0.29, 0.717) is 34.7 Å². The van der Waals surface area contributed by atoms with Crippen LogP contribution in [-0.4, -0.2) is 38.3 Å². The van der Waals surface area contributed by atoms with Gasteiger partial charge in [0.25, 0.3) is 5.91 Å². The van der Waals surface area contributed by atoms with Gasteiger partial charge in [0.05, 0.1) is 32.2 Å². The van der Waals surface area contributed by atoms with Gasteiger partial charge in [0.15, 0.2) is 11.5 Å². The molecule has 0 saturated carbocycles. The second kappa shape index (κ2) is 9.70. The number of para-hydroxylation sites is 1. The topological polar surface area (TPSA) is 70.0 Å². The van der Waals surface area contributed by atoms with Crippen LogP contribution in [0.5, 0.6) is 17.2 Å². The number of hydrogen-bond acceptors (Lipinski definition) is 5. The SMILES string of the molecule is CCN(C(=O)c1cn(-c2ccc(OC)cc2)c2cc(OC)c(OC)cc2c1=O)c1ccccc1. The number of amides is 1. The van der Waals surface area contributed by atoms with Crippen LogP contribution in [-0.2, 0) is 0 Å². The highest BCUT2D eigenvalue weighted by Crippen LogP contribution is 2.32. The molecule has 0 aliphatic carbocycles. The molecule has 4 aromatic rings. The molecule has 0 fully saturated rings. The summed E-state index contributed by atoms with van der Waals surface area (Å²) >= 11 is 0. The van der Waals surface area contributed by atoms with Crippen LogP contribution in [0.25, 0.3) is 16.6 Å². The number of fused-ring (bicyclic) bond motifs is 1. The van der Waals surface area contributed by atoms with Crippen molar-refractivity contribution >= 4 is 22.5 Å².